The van der Waals surface area contributed by atoms with Crippen LogP contribution >= 0.6 is 0 Å². The summed E-state index contributed by atoms with van der Waals surface area (Å²) in [5.74, 6) is 0.0825. The predicted molar refractivity (Wildman–Crippen MR) is 225 cm³/mol. The third-order valence-corrected chi connectivity index (χ3v) is 18.1. The lowest BCUT2D eigenvalue weighted by Crippen LogP contribution is -2.67. The fraction of sp³-hybridized carbons (Fsp3) is 0.936. The third kappa shape index (κ3) is 8.64. The van der Waals surface area contributed by atoms with E-state index in [1.807, 2.05) is 13.8 Å². The Bertz CT molecular complexity index is 1720. The van der Waals surface area contributed by atoms with Gasteiger partial charge in [0.15, 0.2) is 25.2 Å². The molecular weight excluding hydrogens is 868 g/mol. The first-order valence-corrected chi connectivity index (χ1v) is 24.5. The van der Waals surface area contributed by atoms with Crippen molar-refractivity contribution in [1.82, 2.24) is 0 Å². The average molecular weight is 943 g/mol. The Hall–Kier alpha value is -1.47. The van der Waals surface area contributed by atoms with E-state index in [0.29, 0.717) is 18.8 Å². The van der Waals surface area contributed by atoms with Crippen LogP contribution < -0.4 is 0 Å². The number of ether oxygens (including phenoxy) is 9. The number of carbonyl (C=O) groups is 1. The van der Waals surface area contributed by atoms with Crippen LogP contribution in [0.4, 0.5) is 0 Å². The normalized spacial score (nSPS) is 55.3. The Morgan fingerprint density at radius 1 is 0.652 bits per heavy atom. The number of hydrogen-bond acceptors (Lipinski definition) is 19. The van der Waals surface area contributed by atoms with Gasteiger partial charge in [-0.1, -0.05) is 13.8 Å². The maximum absolute atomic E-state index is 12.6. The minimum Gasteiger partial charge on any atom is -0.458 e. The molecule has 8 fully saturated rings. The fourth-order valence-electron chi connectivity index (χ4n) is 14.3. The van der Waals surface area contributed by atoms with Gasteiger partial charge in [0.1, 0.15) is 49.3 Å². The summed E-state index contributed by atoms with van der Waals surface area (Å²) < 4.78 is 53.9. The second kappa shape index (κ2) is 18.9. The lowest BCUT2D eigenvalue weighted by Gasteiger charge is -2.65. The first-order valence-electron chi connectivity index (χ1n) is 24.5. The summed E-state index contributed by atoms with van der Waals surface area (Å²) in [6.45, 7) is 9.11. The lowest BCUT2D eigenvalue weighted by molar-refractivity contribution is -0.355. The summed E-state index contributed by atoms with van der Waals surface area (Å²) in [5, 5.41) is 98.4. The Balaban J connectivity index is 0.737. The molecule has 5 heterocycles. The van der Waals surface area contributed by atoms with Crippen LogP contribution in [0.3, 0.4) is 0 Å². The van der Waals surface area contributed by atoms with Crippen LogP contribution in [0, 0.1) is 34.5 Å². The quantitative estimate of drug-likeness (QED) is 0.103. The molecule has 9 rings (SSSR count). The van der Waals surface area contributed by atoms with E-state index < -0.39 is 128 Å². The molecule has 66 heavy (non-hydrogen) atoms. The van der Waals surface area contributed by atoms with Crippen molar-refractivity contribution in [1.29, 1.82) is 0 Å². The molecule has 19 heteroatoms. The Kier molecular flexibility index (Phi) is 14.2. The van der Waals surface area contributed by atoms with Gasteiger partial charge in [0, 0.05) is 30.8 Å². The van der Waals surface area contributed by atoms with Crippen molar-refractivity contribution in [2.24, 2.45) is 34.5 Å². The van der Waals surface area contributed by atoms with Gasteiger partial charge in [-0.05, 0) is 107 Å². The monoisotopic (exact) mass is 942 g/mol. The van der Waals surface area contributed by atoms with Crippen LogP contribution in [0.1, 0.15) is 105 Å². The highest BCUT2D eigenvalue weighted by atomic mass is 16.8. The number of esters is 1. The average Bonchev–Trinajstić information content (AvgIpc) is 3.82. The Morgan fingerprint density at radius 2 is 1.23 bits per heavy atom. The van der Waals surface area contributed by atoms with E-state index in [4.69, 9.17) is 42.6 Å². The van der Waals surface area contributed by atoms with Crippen molar-refractivity contribution in [2.75, 3.05) is 13.2 Å². The molecule has 26 atom stereocenters. The largest absolute Gasteiger partial charge is 0.458 e. The van der Waals surface area contributed by atoms with Crippen molar-refractivity contribution in [2.45, 2.75) is 228 Å². The maximum atomic E-state index is 12.6. The molecule has 5 aliphatic heterocycles. The molecule has 9 aliphatic rings. The number of carbonyl (C=O) groups excluding carboxylic acids is 1. The first kappa shape index (κ1) is 49.5. The molecule has 19 nitrogen and oxygen atoms in total. The van der Waals surface area contributed by atoms with E-state index in [0.717, 1.165) is 44.1 Å². The smallest absolute Gasteiger partial charge is 0.331 e. The van der Waals surface area contributed by atoms with Gasteiger partial charge in [-0.3, -0.25) is 0 Å². The Morgan fingerprint density at radius 3 is 1.77 bits per heavy atom. The van der Waals surface area contributed by atoms with Crippen LogP contribution in [0.2, 0.25) is 0 Å². The van der Waals surface area contributed by atoms with E-state index in [2.05, 4.69) is 6.92 Å². The van der Waals surface area contributed by atoms with Gasteiger partial charge >= 0.3 is 5.97 Å². The van der Waals surface area contributed by atoms with E-state index in [-0.39, 0.29) is 61.1 Å². The zero-order chi connectivity index (χ0) is 47.2. The van der Waals surface area contributed by atoms with Crippen molar-refractivity contribution in [3.05, 3.63) is 11.6 Å². The van der Waals surface area contributed by atoms with Gasteiger partial charge in [-0.25, -0.2) is 4.79 Å². The van der Waals surface area contributed by atoms with Crippen LogP contribution in [-0.4, -0.2) is 187 Å². The molecule has 0 aromatic heterocycles. The summed E-state index contributed by atoms with van der Waals surface area (Å²) >= 11 is 0. The SMILES string of the molecule is C[C@H]1O[C@@H](O[C@H]2CC[C@@]3(C)[C@@H](CC[C@@H]4[C@H]3C[C@@H](O)[C@]3(C)[C@@H](C5=CC(=O)OC5)CC[C@]43O)C2)C[C@H](O)[C@H]1O[C@@H]1C[C@H](O)[C@H](O[C@@H]2C[C@H](O)[C@H](O[C@@H]3O[C@H](CO)[C@@H](O)[C@H](O)[C@H]3O)[C@@H](C)O2)[C@@H](C)O1. The molecule has 9 N–H and O–H groups in total. The van der Waals surface area contributed by atoms with E-state index in [9.17, 15) is 50.8 Å². The van der Waals surface area contributed by atoms with Crippen molar-refractivity contribution < 1.29 is 93.4 Å². The van der Waals surface area contributed by atoms with Gasteiger partial charge in [0.2, 0.25) is 0 Å². The number of fused-ring (bicyclic) bond motifs is 5. The summed E-state index contributed by atoms with van der Waals surface area (Å²) in [4.78, 5) is 12.0. The van der Waals surface area contributed by atoms with Crippen molar-refractivity contribution >= 4 is 5.97 Å². The van der Waals surface area contributed by atoms with Gasteiger partial charge < -0.3 is 88.6 Å². The Labute approximate surface area is 385 Å². The minimum absolute atomic E-state index is 0.0188. The predicted octanol–water partition coefficient (Wildman–Crippen LogP) is 0.0423. The molecule has 4 saturated heterocycles. The van der Waals surface area contributed by atoms with Crippen LogP contribution in [0.5, 0.6) is 0 Å². The highest BCUT2D eigenvalue weighted by Gasteiger charge is 2.71. The highest BCUT2D eigenvalue weighted by Crippen LogP contribution is 2.70. The summed E-state index contributed by atoms with van der Waals surface area (Å²) in [6.07, 6.45) is -10.8. The van der Waals surface area contributed by atoms with Crippen LogP contribution in [0.25, 0.3) is 0 Å². The molecule has 0 amide bonds. The zero-order valence-electron chi connectivity index (χ0n) is 38.7. The molecule has 0 unspecified atom stereocenters. The van der Waals surface area contributed by atoms with E-state index >= 15 is 0 Å². The number of cyclic esters (lactones) is 1. The molecule has 0 aromatic carbocycles. The summed E-state index contributed by atoms with van der Waals surface area (Å²) in [7, 11) is 0. The van der Waals surface area contributed by atoms with Gasteiger partial charge in [0.25, 0.3) is 0 Å². The standard InChI is InChI=1S/C47H74O19/c1-20-41(64-36-16-30(50)42(21(2)60-36)65-37-17-31(51)43(22(3)61-37)66-44-40(56)39(55)38(54)32(18-48)63-44)29(49)15-35(59-20)62-25-8-10-45(4)24(13-25)6-7-27-28(45)14-33(52)46(5)26(9-11-47(27,46)57)23-12-34(53)58-19-23/h12,20-22,24-33,35-44,48-52,54-57H,6-11,13-19H2,1-5H3/t20-,21-,22-,24+,25+,26-,27-,28-,29+,30+,31+,32-,33-,35+,36-,37-,38-,39+,40-,41+,42-,43-,44+,45+,46+,47+/m1/s1. The van der Waals surface area contributed by atoms with E-state index in [1.54, 1.807) is 19.9 Å². The second-order valence-electron chi connectivity index (χ2n) is 21.6. The fourth-order valence-corrected chi connectivity index (χ4v) is 14.3. The number of aliphatic hydroxyl groups excluding tert-OH is 8. The lowest BCUT2D eigenvalue weighted by atomic mass is 9.42. The minimum atomic E-state index is -1.65. The molecule has 0 radical (unpaired) electrons. The van der Waals surface area contributed by atoms with E-state index in [1.165, 1.54) is 0 Å². The first-order chi connectivity index (χ1) is 31.2. The number of hydrogen-bond donors (Lipinski definition) is 9. The van der Waals surface area contributed by atoms with Crippen LogP contribution in [-0.2, 0) is 47.4 Å². The van der Waals surface area contributed by atoms with Gasteiger partial charge in [-0.2, -0.15) is 0 Å². The summed E-state index contributed by atoms with van der Waals surface area (Å²) in [6, 6.07) is 0. The maximum Gasteiger partial charge on any atom is 0.331 e. The van der Waals surface area contributed by atoms with Gasteiger partial charge in [0.05, 0.1) is 61.0 Å². The summed E-state index contributed by atoms with van der Waals surface area (Å²) in [5.41, 5.74) is -0.989. The molecule has 4 saturated carbocycles. The van der Waals surface area contributed by atoms with Crippen molar-refractivity contribution in [3.8, 4) is 0 Å². The second-order valence-corrected chi connectivity index (χ2v) is 21.6. The molecule has 0 bridgehead atoms. The molecule has 0 aromatic rings. The topological polar surface area (TPSA) is 282 Å². The number of rotatable bonds is 10. The molecule has 4 aliphatic carbocycles. The third-order valence-electron chi connectivity index (χ3n) is 18.1. The highest BCUT2D eigenvalue weighted by molar-refractivity contribution is 5.85. The molecule has 376 valence electrons. The molecule has 0 spiro atoms. The molecular formula is C47H74O19. The van der Waals surface area contributed by atoms with Crippen LogP contribution in [0.15, 0.2) is 11.6 Å². The zero-order valence-corrected chi connectivity index (χ0v) is 38.7. The van der Waals surface area contributed by atoms with Crippen molar-refractivity contribution in [3.63, 3.8) is 0 Å². The number of aliphatic hydroxyl groups is 9. The van der Waals surface area contributed by atoms with Gasteiger partial charge in [-0.15, -0.1) is 0 Å².